The number of nitrogens with zero attached hydrogens (tertiary/aromatic N) is 3. The first kappa shape index (κ1) is 24.3. The van der Waals surface area contributed by atoms with E-state index in [1.807, 2.05) is 17.7 Å². The number of halogens is 2. The molecule has 1 N–H and O–H groups in total. The van der Waals surface area contributed by atoms with Gasteiger partial charge in [0.05, 0.1) is 17.1 Å². The molecule has 36 heavy (non-hydrogen) atoms. The lowest BCUT2D eigenvalue weighted by atomic mass is 9.84. The van der Waals surface area contributed by atoms with Gasteiger partial charge in [0, 0.05) is 18.5 Å². The van der Waals surface area contributed by atoms with E-state index in [4.69, 9.17) is 4.74 Å². The van der Waals surface area contributed by atoms with Crippen molar-refractivity contribution in [1.82, 2.24) is 20.3 Å². The van der Waals surface area contributed by atoms with Gasteiger partial charge in [0.2, 0.25) is 0 Å². The van der Waals surface area contributed by atoms with Gasteiger partial charge in [-0.05, 0) is 82.1 Å². The Hall–Kier alpha value is -3.36. The molecule has 0 atom stereocenters. The molecule has 0 spiro atoms. The molecule has 2 fully saturated rings. The fourth-order valence-electron chi connectivity index (χ4n) is 5.01. The van der Waals surface area contributed by atoms with Gasteiger partial charge in [0.25, 0.3) is 5.91 Å². The predicted molar refractivity (Wildman–Crippen MR) is 130 cm³/mol. The molecular weight excluding hydrogens is 466 g/mol. The minimum Gasteiger partial charge on any atom is -0.459 e. The molecule has 3 aromatic rings. The Kier molecular flexibility index (Phi) is 6.49. The highest BCUT2D eigenvalue weighted by Gasteiger charge is 2.42. The van der Waals surface area contributed by atoms with Gasteiger partial charge >= 0.3 is 5.97 Å². The van der Waals surface area contributed by atoms with Crippen LogP contribution in [0.3, 0.4) is 0 Å². The van der Waals surface area contributed by atoms with Crippen LogP contribution in [-0.4, -0.2) is 39.0 Å². The minimum absolute atomic E-state index is 0.0597. The summed E-state index contributed by atoms with van der Waals surface area (Å²) < 4.78 is 36.9. The van der Waals surface area contributed by atoms with E-state index >= 15 is 0 Å². The van der Waals surface area contributed by atoms with E-state index in [9.17, 15) is 18.4 Å². The van der Waals surface area contributed by atoms with Crippen LogP contribution in [0, 0.1) is 17.6 Å². The molecule has 2 saturated carbocycles. The van der Waals surface area contributed by atoms with Crippen molar-refractivity contribution in [1.29, 1.82) is 0 Å². The SMILES string of the molecule is CCNC(=O)c1ccc(-c2ccc3c(c2)nnn3C2CCC(CC(=O)OC3(C)CC3)CC2)c(F)c1F. The first-order valence-electron chi connectivity index (χ1n) is 12.6. The maximum absolute atomic E-state index is 14.8. The average Bonchev–Trinajstić information content (AvgIpc) is 3.42. The number of hydrogen-bond donors (Lipinski definition) is 1. The summed E-state index contributed by atoms with van der Waals surface area (Å²) in [5.41, 5.74) is 1.37. The van der Waals surface area contributed by atoms with Gasteiger partial charge in [0.15, 0.2) is 11.6 Å². The molecule has 0 unspecified atom stereocenters. The van der Waals surface area contributed by atoms with Crippen LogP contribution < -0.4 is 5.32 Å². The number of benzene rings is 2. The van der Waals surface area contributed by atoms with Gasteiger partial charge in [-0.3, -0.25) is 9.59 Å². The van der Waals surface area contributed by atoms with Gasteiger partial charge < -0.3 is 10.1 Å². The molecule has 0 aliphatic heterocycles. The number of rotatable bonds is 7. The third-order valence-corrected chi connectivity index (χ3v) is 7.38. The fraction of sp³-hybridized carbons (Fsp3) is 0.481. The fourth-order valence-corrected chi connectivity index (χ4v) is 5.01. The van der Waals surface area contributed by atoms with Gasteiger partial charge in [0.1, 0.15) is 11.1 Å². The van der Waals surface area contributed by atoms with Crippen molar-refractivity contribution in [2.45, 2.75) is 70.4 Å². The van der Waals surface area contributed by atoms with Crippen LogP contribution in [0.2, 0.25) is 0 Å². The van der Waals surface area contributed by atoms with Gasteiger partial charge in [-0.25, -0.2) is 13.5 Å². The first-order chi connectivity index (χ1) is 17.3. The highest BCUT2D eigenvalue weighted by molar-refractivity contribution is 5.95. The number of fused-ring (bicyclic) bond motifs is 1. The Balaban J connectivity index is 1.28. The molecule has 0 saturated heterocycles. The molecule has 1 amide bonds. The topological polar surface area (TPSA) is 86.1 Å². The van der Waals surface area contributed by atoms with Crippen LogP contribution in [-0.2, 0) is 9.53 Å². The summed E-state index contributed by atoms with van der Waals surface area (Å²) in [4.78, 5) is 24.2. The molecule has 1 aromatic heterocycles. The Morgan fingerprint density at radius 1 is 1.11 bits per heavy atom. The number of nitrogens with one attached hydrogen (secondary N) is 1. The lowest BCUT2D eigenvalue weighted by Crippen LogP contribution is -2.24. The summed E-state index contributed by atoms with van der Waals surface area (Å²) in [6.07, 6.45) is 5.97. The second-order valence-corrected chi connectivity index (χ2v) is 10.2. The lowest BCUT2D eigenvalue weighted by molar-refractivity contribution is -0.151. The van der Waals surface area contributed by atoms with E-state index < -0.39 is 17.5 Å². The van der Waals surface area contributed by atoms with Crippen molar-refractivity contribution in [3.05, 3.63) is 47.5 Å². The predicted octanol–water partition coefficient (Wildman–Crippen LogP) is 5.34. The molecule has 2 aliphatic carbocycles. The molecule has 2 aromatic carbocycles. The summed E-state index contributed by atoms with van der Waals surface area (Å²) >= 11 is 0. The molecule has 1 heterocycles. The molecule has 0 radical (unpaired) electrons. The van der Waals surface area contributed by atoms with Crippen molar-refractivity contribution in [3.63, 3.8) is 0 Å². The second-order valence-electron chi connectivity index (χ2n) is 10.2. The van der Waals surface area contributed by atoms with Gasteiger partial charge in [-0.15, -0.1) is 5.10 Å². The number of carbonyl (C=O) groups excluding carboxylic acids is 2. The highest BCUT2D eigenvalue weighted by atomic mass is 19.2. The highest BCUT2D eigenvalue weighted by Crippen LogP contribution is 2.40. The minimum atomic E-state index is -1.17. The molecule has 7 nitrogen and oxygen atoms in total. The van der Waals surface area contributed by atoms with Crippen molar-refractivity contribution in [3.8, 4) is 11.1 Å². The molecule has 190 valence electrons. The normalized spacial score (nSPS) is 20.8. The van der Waals surface area contributed by atoms with E-state index in [0.717, 1.165) is 44.0 Å². The Morgan fingerprint density at radius 3 is 2.56 bits per heavy atom. The summed E-state index contributed by atoms with van der Waals surface area (Å²) in [5.74, 6) is -2.67. The lowest BCUT2D eigenvalue weighted by Gasteiger charge is -2.28. The number of carbonyl (C=O) groups is 2. The maximum Gasteiger partial charge on any atom is 0.306 e. The van der Waals surface area contributed by atoms with Crippen molar-refractivity contribution < 1.29 is 23.1 Å². The van der Waals surface area contributed by atoms with Crippen LogP contribution in [0.5, 0.6) is 0 Å². The van der Waals surface area contributed by atoms with Crippen LogP contribution >= 0.6 is 0 Å². The standard InChI is InChI=1S/C27H30F2N4O3/c1-3-30-26(35)20-10-9-19(24(28)25(20)29)17-6-11-22-21(15-17)31-32-33(22)18-7-4-16(5-8-18)14-23(34)36-27(2)12-13-27/h6,9-11,15-16,18H,3-5,7-8,12-14H2,1-2H3,(H,30,35). The number of aromatic nitrogens is 3. The zero-order chi connectivity index (χ0) is 25.4. The zero-order valence-corrected chi connectivity index (χ0v) is 20.5. The van der Waals surface area contributed by atoms with E-state index in [-0.39, 0.29) is 28.7 Å². The largest absolute Gasteiger partial charge is 0.459 e. The summed E-state index contributed by atoms with van der Waals surface area (Å²) in [6.45, 7) is 4.01. The molecule has 9 heteroatoms. The first-order valence-corrected chi connectivity index (χ1v) is 12.6. The van der Waals surface area contributed by atoms with E-state index in [2.05, 4.69) is 15.6 Å². The second kappa shape index (κ2) is 9.59. The third-order valence-electron chi connectivity index (χ3n) is 7.38. The summed E-state index contributed by atoms with van der Waals surface area (Å²) in [5, 5.41) is 11.1. The number of ether oxygens (including phenoxy) is 1. The maximum atomic E-state index is 14.8. The van der Waals surface area contributed by atoms with Crippen molar-refractivity contribution >= 4 is 22.9 Å². The molecule has 0 bridgehead atoms. The van der Waals surface area contributed by atoms with Crippen LogP contribution in [0.25, 0.3) is 22.2 Å². The number of hydrogen-bond acceptors (Lipinski definition) is 5. The number of esters is 1. The average molecular weight is 497 g/mol. The van der Waals surface area contributed by atoms with E-state index in [1.54, 1.807) is 19.1 Å². The van der Waals surface area contributed by atoms with Crippen molar-refractivity contribution in [2.24, 2.45) is 5.92 Å². The van der Waals surface area contributed by atoms with E-state index in [0.29, 0.717) is 30.0 Å². The monoisotopic (exact) mass is 496 g/mol. The van der Waals surface area contributed by atoms with Gasteiger partial charge in [-0.1, -0.05) is 17.3 Å². The van der Waals surface area contributed by atoms with Crippen LogP contribution in [0.15, 0.2) is 30.3 Å². The smallest absolute Gasteiger partial charge is 0.306 e. The summed E-state index contributed by atoms with van der Waals surface area (Å²) in [6, 6.07) is 8.08. The third kappa shape index (κ3) is 4.83. The van der Waals surface area contributed by atoms with Gasteiger partial charge in [-0.2, -0.15) is 0 Å². The van der Waals surface area contributed by atoms with Crippen molar-refractivity contribution in [2.75, 3.05) is 6.54 Å². The van der Waals surface area contributed by atoms with Crippen LogP contribution in [0.4, 0.5) is 8.78 Å². The quantitative estimate of drug-likeness (QED) is 0.446. The van der Waals surface area contributed by atoms with Crippen LogP contribution in [0.1, 0.15) is 75.2 Å². The number of amides is 1. The Bertz CT molecular complexity index is 1310. The molecule has 2 aliphatic rings. The van der Waals surface area contributed by atoms with E-state index in [1.165, 1.54) is 12.1 Å². The molecule has 5 rings (SSSR count). The zero-order valence-electron chi connectivity index (χ0n) is 20.5. The summed E-state index contributed by atoms with van der Waals surface area (Å²) in [7, 11) is 0. The molecular formula is C27H30F2N4O3. The Labute approximate surface area is 208 Å². The Morgan fingerprint density at radius 2 is 1.86 bits per heavy atom.